The van der Waals surface area contributed by atoms with Gasteiger partial charge in [0.15, 0.2) is 11.8 Å². The van der Waals surface area contributed by atoms with E-state index in [1.165, 1.54) is 11.4 Å². The fourth-order valence-corrected chi connectivity index (χ4v) is 12.0. The van der Waals surface area contributed by atoms with Crippen LogP contribution >= 0.6 is 0 Å². The third-order valence-corrected chi connectivity index (χ3v) is 14.8. The van der Waals surface area contributed by atoms with Crippen molar-refractivity contribution in [1.29, 1.82) is 0 Å². The standard InChI is InChI=1S/C39H61N3O7S/c1-6-7-23-40-32-22-18-28(42(45)46)26-31(32)38(2,3)34(40)14-10-8-11-15-35-39(4,5)37-30-20-19-29(50(47,48)49)25-27(30)17-21-33(37)41(35)24-13-9-12-16-36(43)44/h8,10-11,14-15,27-33,37H,6-7,9,12-13,16-26H2,1-5H3,(H-,43,44,47,48,49)/p+1. The summed E-state index contributed by atoms with van der Waals surface area (Å²) < 4.78 is 36.5. The number of likely N-dealkylation sites (tertiary alicyclic amines) is 1. The Morgan fingerprint density at radius 3 is 2.42 bits per heavy atom. The van der Waals surface area contributed by atoms with Gasteiger partial charge < -0.3 is 10.0 Å². The lowest BCUT2D eigenvalue weighted by atomic mass is 9.57. The van der Waals surface area contributed by atoms with E-state index in [2.05, 4.69) is 74.5 Å². The molecule has 0 radical (unpaired) electrons. The maximum Gasteiger partial charge on any atom is 0.303 e. The quantitative estimate of drug-likeness (QED) is 0.0470. The molecule has 0 aromatic carbocycles. The fourth-order valence-electron chi connectivity index (χ4n) is 11.1. The highest BCUT2D eigenvalue weighted by Crippen LogP contribution is 2.56. The van der Waals surface area contributed by atoms with Crippen molar-refractivity contribution in [3.8, 4) is 0 Å². The van der Waals surface area contributed by atoms with Crippen molar-refractivity contribution in [3.05, 3.63) is 46.2 Å². The molecule has 280 valence electrons. The second-order valence-electron chi connectivity index (χ2n) is 17.0. The van der Waals surface area contributed by atoms with Crippen LogP contribution in [0, 0.1) is 44.6 Å². The number of hydrogen-bond donors (Lipinski definition) is 2. The van der Waals surface area contributed by atoms with Crippen LogP contribution in [0.15, 0.2) is 36.1 Å². The molecule has 4 fully saturated rings. The Morgan fingerprint density at radius 1 is 0.980 bits per heavy atom. The Labute approximate surface area is 300 Å². The van der Waals surface area contributed by atoms with E-state index in [1.54, 1.807) is 0 Å². The van der Waals surface area contributed by atoms with Crippen LogP contribution in [-0.4, -0.2) is 80.6 Å². The maximum absolute atomic E-state index is 12.1. The SMILES string of the molecule is CCCCN1/C(=C/C=C/C=C/C2=[N+](CCCCCC(=O)O)C3CCC4CC(S(=O)(=O)O)CCC4C3C2(C)C)C(C)(C)C2CC([N+](=O)[O-])CCC21. The minimum Gasteiger partial charge on any atom is -0.481 e. The molecule has 8 atom stereocenters. The molecule has 2 N–H and O–H groups in total. The van der Waals surface area contributed by atoms with Crippen molar-refractivity contribution in [2.45, 2.75) is 148 Å². The molecule has 0 aromatic heterocycles. The molecule has 3 saturated carbocycles. The second-order valence-corrected chi connectivity index (χ2v) is 18.7. The fraction of sp³-hybridized carbons (Fsp3) is 0.795. The molecule has 0 spiro atoms. The molecule has 0 aromatic rings. The Morgan fingerprint density at radius 2 is 1.74 bits per heavy atom. The summed E-state index contributed by atoms with van der Waals surface area (Å²) in [5.74, 6) is 0.582. The molecule has 5 aliphatic rings. The predicted octanol–water partition coefficient (Wildman–Crippen LogP) is 7.53. The summed E-state index contributed by atoms with van der Waals surface area (Å²) >= 11 is 0. The predicted molar refractivity (Wildman–Crippen MR) is 196 cm³/mol. The Bertz CT molecular complexity index is 1500. The smallest absolute Gasteiger partial charge is 0.303 e. The van der Waals surface area contributed by atoms with Gasteiger partial charge in [0.2, 0.25) is 6.04 Å². The molecule has 0 bridgehead atoms. The van der Waals surface area contributed by atoms with Crippen molar-refractivity contribution >= 4 is 21.8 Å². The molecule has 0 amide bonds. The first-order valence-electron chi connectivity index (χ1n) is 19.4. The normalized spacial score (nSPS) is 34.4. The number of hydrogen-bond acceptors (Lipinski definition) is 6. The molecule has 1 saturated heterocycles. The van der Waals surface area contributed by atoms with Gasteiger partial charge in [-0.1, -0.05) is 45.4 Å². The number of carboxylic acids is 1. The summed E-state index contributed by atoms with van der Waals surface area (Å²) in [5, 5.41) is 20.2. The van der Waals surface area contributed by atoms with Crippen LogP contribution in [0.1, 0.15) is 125 Å². The summed E-state index contributed by atoms with van der Waals surface area (Å²) in [5.41, 5.74) is 2.30. The van der Waals surface area contributed by atoms with Crippen molar-refractivity contribution in [3.63, 3.8) is 0 Å². The van der Waals surface area contributed by atoms with Crippen LogP contribution in [0.25, 0.3) is 0 Å². The topological polar surface area (TPSA) is 141 Å². The lowest BCUT2D eigenvalue weighted by Gasteiger charge is -2.46. The highest BCUT2D eigenvalue weighted by Gasteiger charge is 2.60. The van der Waals surface area contributed by atoms with Crippen LogP contribution in [0.3, 0.4) is 0 Å². The van der Waals surface area contributed by atoms with Crippen LogP contribution < -0.4 is 0 Å². The first kappa shape index (κ1) is 38.7. The van der Waals surface area contributed by atoms with Gasteiger partial charge in [-0.2, -0.15) is 8.42 Å². The van der Waals surface area contributed by atoms with Gasteiger partial charge in [-0.25, -0.2) is 4.58 Å². The number of nitrogens with zero attached hydrogens (tertiary/aromatic N) is 3. The zero-order valence-corrected chi connectivity index (χ0v) is 31.8. The first-order chi connectivity index (χ1) is 23.6. The Hall–Kier alpha value is -2.53. The Balaban J connectivity index is 1.38. The van der Waals surface area contributed by atoms with E-state index >= 15 is 0 Å². The lowest BCUT2D eigenvalue weighted by Crippen LogP contribution is -2.48. The van der Waals surface area contributed by atoms with E-state index in [1.807, 2.05) is 0 Å². The van der Waals surface area contributed by atoms with E-state index in [0.717, 1.165) is 64.5 Å². The number of fused-ring (bicyclic) bond motifs is 4. The van der Waals surface area contributed by atoms with Crippen LogP contribution in [-0.2, 0) is 14.9 Å². The second kappa shape index (κ2) is 15.6. The van der Waals surface area contributed by atoms with Crippen LogP contribution in [0.2, 0.25) is 0 Å². The molecule has 8 unspecified atom stereocenters. The number of carbonyl (C=O) groups is 1. The zero-order chi connectivity index (χ0) is 36.4. The summed E-state index contributed by atoms with van der Waals surface area (Å²) in [6.07, 6.45) is 21.7. The summed E-state index contributed by atoms with van der Waals surface area (Å²) in [4.78, 5) is 25.3. The minimum atomic E-state index is -4.04. The van der Waals surface area contributed by atoms with Gasteiger partial charge in [0.1, 0.15) is 6.54 Å². The van der Waals surface area contributed by atoms with Gasteiger partial charge in [-0.3, -0.25) is 19.5 Å². The molecule has 5 rings (SSSR count). The third-order valence-electron chi connectivity index (χ3n) is 13.5. The number of carboxylic acid groups (broad SMARTS) is 1. The molecular formula is C39H62N3O7S+. The highest BCUT2D eigenvalue weighted by molar-refractivity contribution is 7.86. The van der Waals surface area contributed by atoms with Gasteiger partial charge in [0.05, 0.1) is 10.7 Å². The Kier molecular flexibility index (Phi) is 12.1. The van der Waals surface area contributed by atoms with Crippen molar-refractivity contribution in [2.24, 2.45) is 34.5 Å². The molecule has 2 aliphatic heterocycles. The molecular weight excluding hydrogens is 655 g/mol. The highest BCUT2D eigenvalue weighted by atomic mass is 32.2. The van der Waals surface area contributed by atoms with Gasteiger partial charge in [0, 0.05) is 72.7 Å². The first-order valence-corrected chi connectivity index (χ1v) is 20.9. The van der Waals surface area contributed by atoms with Gasteiger partial charge in [0.25, 0.3) is 10.1 Å². The van der Waals surface area contributed by atoms with Gasteiger partial charge >= 0.3 is 5.97 Å². The zero-order valence-electron chi connectivity index (χ0n) is 31.0. The number of nitro groups is 1. The van der Waals surface area contributed by atoms with E-state index in [9.17, 15) is 27.9 Å². The number of unbranched alkanes of at least 4 members (excludes halogenated alkanes) is 3. The average molecular weight is 717 g/mol. The number of aliphatic carboxylic acids is 1. The van der Waals surface area contributed by atoms with Crippen molar-refractivity contribution in [2.75, 3.05) is 13.1 Å². The van der Waals surface area contributed by atoms with E-state index in [4.69, 9.17) is 5.11 Å². The maximum atomic E-state index is 12.1. The number of allylic oxidation sites excluding steroid dienone is 6. The molecule has 3 aliphatic carbocycles. The van der Waals surface area contributed by atoms with Crippen molar-refractivity contribution < 1.29 is 32.4 Å². The molecule has 11 heteroatoms. The molecule has 10 nitrogen and oxygen atoms in total. The van der Waals surface area contributed by atoms with E-state index < -0.39 is 27.4 Å². The third kappa shape index (κ3) is 7.93. The van der Waals surface area contributed by atoms with Crippen LogP contribution in [0.5, 0.6) is 0 Å². The van der Waals surface area contributed by atoms with Gasteiger partial charge in [-0.05, 0) is 89.0 Å². The van der Waals surface area contributed by atoms with E-state index in [-0.39, 0.29) is 28.1 Å². The summed E-state index contributed by atoms with van der Waals surface area (Å²) in [6, 6.07) is 0.253. The minimum absolute atomic E-state index is 0.0720. The van der Waals surface area contributed by atoms with Crippen molar-refractivity contribution in [1.82, 2.24) is 4.90 Å². The molecule has 50 heavy (non-hydrogen) atoms. The monoisotopic (exact) mass is 716 g/mol. The average Bonchev–Trinajstić information content (AvgIpc) is 3.40. The largest absolute Gasteiger partial charge is 0.481 e. The lowest BCUT2D eigenvalue weighted by molar-refractivity contribution is -0.569. The van der Waals surface area contributed by atoms with E-state index in [0.29, 0.717) is 61.9 Å². The summed E-state index contributed by atoms with van der Waals surface area (Å²) in [7, 11) is -4.04. The molecule has 2 heterocycles. The van der Waals surface area contributed by atoms with Gasteiger partial charge in [-0.15, -0.1) is 0 Å². The van der Waals surface area contributed by atoms with Crippen LogP contribution in [0.4, 0.5) is 0 Å². The number of rotatable bonds is 14. The summed E-state index contributed by atoms with van der Waals surface area (Å²) in [6.45, 7) is 13.3.